The lowest BCUT2D eigenvalue weighted by atomic mass is 10.2. The van der Waals surface area contributed by atoms with Crippen LogP contribution in [0.2, 0.25) is 0 Å². The van der Waals surface area contributed by atoms with Crippen molar-refractivity contribution < 1.29 is 8.94 Å². The van der Waals surface area contributed by atoms with E-state index in [1.54, 1.807) is 30.5 Å². The molecule has 0 fully saturated rings. The van der Waals surface area contributed by atoms with Gasteiger partial charge in [0, 0.05) is 17.5 Å². The second-order valence-corrected chi connectivity index (χ2v) is 6.23. The standard InChI is InChI=1S/C15H11N3O3S/c1-8-3-6-12(22-8)14-16-13(17-21-14)9-4-5-10-11(7-9)20-15(19)18(10)2/h3-7H,1-2H3. The van der Waals surface area contributed by atoms with Crippen molar-refractivity contribution in [2.45, 2.75) is 6.92 Å². The molecule has 0 aliphatic heterocycles. The van der Waals surface area contributed by atoms with Crippen LogP contribution in [0, 0.1) is 6.92 Å². The molecule has 4 rings (SSSR count). The molecule has 4 aromatic rings. The van der Waals surface area contributed by atoms with Crippen molar-refractivity contribution in [3.63, 3.8) is 0 Å². The lowest BCUT2D eigenvalue weighted by Gasteiger charge is -1.94. The molecule has 3 heterocycles. The zero-order valence-corrected chi connectivity index (χ0v) is 12.7. The topological polar surface area (TPSA) is 74.1 Å². The number of fused-ring (bicyclic) bond motifs is 1. The molecule has 0 bridgehead atoms. The van der Waals surface area contributed by atoms with Gasteiger partial charge in [0.15, 0.2) is 5.58 Å². The van der Waals surface area contributed by atoms with Crippen molar-refractivity contribution >= 4 is 22.4 Å². The highest BCUT2D eigenvalue weighted by atomic mass is 32.1. The average Bonchev–Trinajstić information content (AvgIpc) is 3.20. The Balaban J connectivity index is 1.79. The van der Waals surface area contributed by atoms with Crippen molar-refractivity contribution in [1.82, 2.24) is 14.7 Å². The van der Waals surface area contributed by atoms with Crippen LogP contribution in [0.3, 0.4) is 0 Å². The Morgan fingerprint density at radius 3 is 2.86 bits per heavy atom. The highest BCUT2D eigenvalue weighted by Gasteiger charge is 2.14. The molecule has 0 aliphatic carbocycles. The maximum absolute atomic E-state index is 11.5. The van der Waals surface area contributed by atoms with Crippen LogP contribution in [0.4, 0.5) is 0 Å². The summed E-state index contributed by atoms with van der Waals surface area (Å²) in [6.07, 6.45) is 0. The van der Waals surface area contributed by atoms with E-state index in [1.807, 2.05) is 25.1 Å². The van der Waals surface area contributed by atoms with Crippen molar-refractivity contribution in [3.05, 3.63) is 45.8 Å². The first-order chi connectivity index (χ1) is 10.6. The lowest BCUT2D eigenvalue weighted by molar-refractivity contribution is 0.433. The van der Waals surface area contributed by atoms with Gasteiger partial charge in [-0.15, -0.1) is 11.3 Å². The molecule has 0 amide bonds. The number of benzene rings is 1. The lowest BCUT2D eigenvalue weighted by Crippen LogP contribution is -2.08. The molecular formula is C15H11N3O3S. The predicted molar refractivity (Wildman–Crippen MR) is 82.8 cm³/mol. The molecule has 110 valence electrons. The fourth-order valence-electron chi connectivity index (χ4n) is 2.26. The largest absolute Gasteiger partial charge is 0.419 e. The Bertz CT molecular complexity index is 1040. The third kappa shape index (κ3) is 1.98. The van der Waals surface area contributed by atoms with E-state index in [9.17, 15) is 4.79 Å². The number of aryl methyl sites for hydroxylation is 2. The fraction of sp³-hybridized carbons (Fsp3) is 0.133. The van der Waals surface area contributed by atoms with E-state index in [2.05, 4.69) is 10.1 Å². The molecule has 0 N–H and O–H groups in total. The van der Waals surface area contributed by atoms with Gasteiger partial charge in [-0.25, -0.2) is 4.79 Å². The molecule has 0 unspecified atom stereocenters. The quantitative estimate of drug-likeness (QED) is 0.568. The van der Waals surface area contributed by atoms with Crippen LogP contribution in [-0.2, 0) is 7.05 Å². The van der Waals surface area contributed by atoms with Gasteiger partial charge < -0.3 is 8.94 Å². The van der Waals surface area contributed by atoms with Gasteiger partial charge in [0.2, 0.25) is 5.82 Å². The molecule has 0 radical (unpaired) electrons. The summed E-state index contributed by atoms with van der Waals surface area (Å²) in [5.74, 6) is 0.562. The van der Waals surface area contributed by atoms with Gasteiger partial charge in [-0.1, -0.05) is 5.16 Å². The number of oxazole rings is 1. The van der Waals surface area contributed by atoms with Crippen molar-refractivity contribution in [2.24, 2.45) is 7.05 Å². The molecule has 0 spiro atoms. The minimum atomic E-state index is -0.394. The molecule has 0 saturated heterocycles. The second-order valence-electron chi connectivity index (χ2n) is 4.94. The Labute approximate surface area is 128 Å². The third-order valence-electron chi connectivity index (χ3n) is 3.43. The summed E-state index contributed by atoms with van der Waals surface area (Å²) >= 11 is 1.60. The molecule has 22 heavy (non-hydrogen) atoms. The van der Waals surface area contributed by atoms with Crippen LogP contribution in [0.5, 0.6) is 0 Å². The van der Waals surface area contributed by atoms with E-state index < -0.39 is 5.76 Å². The Morgan fingerprint density at radius 2 is 2.09 bits per heavy atom. The molecule has 6 nitrogen and oxygen atoms in total. The maximum atomic E-state index is 11.5. The van der Waals surface area contributed by atoms with Gasteiger partial charge in [0.25, 0.3) is 5.89 Å². The monoisotopic (exact) mass is 313 g/mol. The molecular weight excluding hydrogens is 302 g/mol. The number of thiophene rings is 1. The van der Waals surface area contributed by atoms with E-state index in [0.717, 1.165) is 16.0 Å². The SMILES string of the molecule is Cc1ccc(-c2nc(-c3ccc4c(c3)oc(=O)n4C)no2)s1. The number of aromatic nitrogens is 3. The summed E-state index contributed by atoms with van der Waals surface area (Å²) in [6, 6.07) is 9.35. The molecule has 0 atom stereocenters. The van der Waals surface area contributed by atoms with Gasteiger partial charge in [0.1, 0.15) is 0 Å². The number of hydrogen-bond donors (Lipinski definition) is 0. The minimum Gasteiger partial charge on any atom is -0.408 e. The number of hydrogen-bond acceptors (Lipinski definition) is 6. The summed E-state index contributed by atoms with van der Waals surface area (Å²) < 4.78 is 11.9. The van der Waals surface area contributed by atoms with E-state index in [0.29, 0.717) is 17.3 Å². The van der Waals surface area contributed by atoms with Gasteiger partial charge >= 0.3 is 5.76 Å². The Hall–Kier alpha value is -2.67. The first-order valence-corrected chi connectivity index (χ1v) is 7.44. The van der Waals surface area contributed by atoms with Crippen LogP contribution in [0.1, 0.15) is 4.88 Å². The summed E-state index contributed by atoms with van der Waals surface area (Å²) in [6.45, 7) is 2.02. The van der Waals surface area contributed by atoms with Gasteiger partial charge in [0.05, 0.1) is 10.4 Å². The summed E-state index contributed by atoms with van der Waals surface area (Å²) in [5.41, 5.74) is 1.97. The molecule has 1 aromatic carbocycles. The fourth-order valence-corrected chi connectivity index (χ4v) is 3.05. The van der Waals surface area contributed by atoms with E-state index in [4.69, 9.17) is 8.94 Å². The highest BCUT2D eigenvalue weighted by Crippen LogP contribution is 2.29. The van der Waals surface area contributed by atoms with Crippen molar-refractivity contribution in [2.75, 3.05) is 0 Å². The van der Waals surface area contributed by atoms with Crippen LogP contribution in [0.15, 0.2) is 44.1 Å². The van der Waals surface area contributed by atoms with E-state index >= 15 is 0 Å². The Kier molecular flexibility index (Phi) is 2.77. The summed E-state index contributed by atoms with van der Waals surface area (Å²) in [4.78, 5) is 18.0. The number of nitrogens with zero attached hydrogens (tertiary/aromatic N) is 3. The van der Waals surface area contributed by atoms with E-state index in [1.165, 1.54) is 9.44 Å². The Morgan fingerprint density at radius 1 is 1.23 bits per heavy atom. The predicted octanol–water partition coefficient (Wildman–Crippen LogP) is 3.22. The number of rotatable bonds is 2. The van der Waals surface area contributed by atoms with Crippen molar-refractivity contribution in [1.29, 1.82) is 0 Å². The van der Waals surface area contributed by atoms with Crippen LogP contribution in [0.25, 0.3) is 33.3 Å². The zero-order chi connectivity index (χ0) is 15.3. The molecule has 0 saturated carbocycles. The third-order valence-corrected chi connectivity index (χ3v) is 4.42. The van der Waals surface area contributed by atoms with Gasteiger partial charge in [-0.3, -0.25) is 4.57 Å². The first-order valence-electron chi connectivity index (χ1n) is 6.62. The first kappa shape index (κ1) is 13.0. The molecule has 0 aliphatic rings. The van der Waals surface area contributed by atoms with Crippen LogP contribution < -0.4 is 5.76 Å². The summed E-state index contributed by atoms with van der Waals surface area (Å²) in [7, 11) is 1.67. The van der Waals surface area contributed by atoms with Crippen LogP contribution in [-0.4, -0.2) is 14.7 Å². The zero-order valence-electron chi connectivity index (χ0n) is 11.9. The minimum absolute atomic E-state index is 0.394. The molecule has 3 aromatic heterocycles. The normalized spacial score (nSPS) is 11.4. The molecule has 7 heteroatoms. The summed E-state index contributed by atoms with van der Waals surface area (Å²) in [5, 5.41) is 4.00. The highest BCUT2D eigenvalue weighted by molar-refractivity contribution is 7.15. The second kappa shape index (κ2) is 4.67. The van der Waals surface area contributed by atoms with Crippen LogP contribution >= 0.6 is 11.3 Å². The van der Waals surface area contributed by atoms with Crippen molar-refractivity contribution in [3.8, 4) is 22.2 Å². The maximum Gasteiger partial charge on any atom is 0.419 e. The van der Waals surface area contributed by atoms with E-state index in [-0.39, 0.29) is 0 Å². The smallest absolute Gasteiger partial charge is 0.408 e. The average molecular weight is 313 g/mol. The van der Waals surface area contributed by atoms with Gasteiger partial charge in [-0.2, -0.15) is 4.98 Å². The van der Waals surface area contributed by atoms with Gasteiger partial charge in [-0.05, 0) is 37.3 Å².